The van der Waals surface area contributed by atoms with Gasteiger partial charge in [0, 0.05) is 6.42 Å². The predicted molar refractivity (Wildman–Crippen MR) is 73.3 cm³/mol. The van der Waals surface area contributed by atoms with Gasteiger partial charge in [0.15, 0.2) is 5.79 Å². The average Bonchev–Trinajstić information content (AvgIpc) is 2.79. The molecule has 2 saturated heterocycles. The van der Waals surface area contributed by atoms with Gasteiger partial charge < -0.3 is 33.9 Å². The third kappa shape index (κ3) is 2.21. The molecule has 5 unspecified atom stereocenters. The second-order valence-corrected chi connectivity index (χ2v) is 5.69. The fourth-order valence-corrected chi connectivity index (χ4v) is 3.19. The molecule has 0 spiro atoms. The van der Waals surface area contributed by atoms with Gasteiger partial charge in [-0.15, -0.1) is 0 Å². The Labute approximate surface area is 137 Å². The van der Waals surface area contributed by atoms with Gasteiger partial charge in [-0.1, -0.05) is 0 Å². The van der Waals surface area contributed by atoms with Crippen LogP contribution in [0, 0.1) is 0 Å². The summed E-state index contributed by atoms with van der Waals surface area (Å²) in [6.45, 7) is 2.64. The van der Waals surface area contributed by atoms with Crippen molar-refractivity contribution in [2.75, 3.05) is 20.8 Å². The summed E-state index contributed by atoms with van der Waals surface area (Å²) >= 11 is 0. The largest absolute Gasteiger partial charge is 0.467 e. The molecule has 0 aliphatic carbocycles. The highest BCUT2D eigenvalue weighted by Gasteiger charge is 2.81. The number of aliphatic hydroxyl groups excluding tert-OH is 1. The molecule has 2 heterocycles. The Balaban J connectivity index is 2.70. The highest BCUT2D eigenvalue weighted by atomic mass is 16.8. The molecule has 136 valence electrons. The number of carbonyl (C=O) groups is 3. The van der Waals surface area contributed by atoms with Crippen LogP contribution in [0.3, 0.4) is 0 Å². The van der Waals surface area contributed by atoms with Crippen LogP contribution in [0.15, 0.2) is 0 Å². The van der Waals surface area contributed by atoms with E-state index in [1.54, 1.807) is 0 Å². The minimum absolute atomic E-state index is 0.167. The van der Waals surface area contributed by atoms with Crippen LogP contribution >= 0.6 is 0 Å². The van der Waals surface area contributed by atoms with Crippen molar-refractivity contribution in [3.8, 4) is 0 Å². The van der Waals surface area contributed by atoms with E-state index in [0.717, 1.165) is 14.2 Å². The first-order valence-electron chi connectivity index (χ1n) is 7.24. The zero-order valence-corrected chi connectivity index (χ0v) is 13.7. The Kier molecular flexibility index (Phi) is 4.61. The summed E-state index contributed by atoms with van der Waals surface area (Å²) in [5.74, 6) is -5.38. The molecule has 0 saturated carbocycles. The van der Waals surface area contributed by atoms with Gasteiger partial charge in [0.25, 0.3) is 0 Å². The molecular weight excluding hydrogens is 328 g/mol. The maximum absolute atomic E-state index is 12.5. The number of rotatable bonds is 4. The van der Waals surface area contributed by atoms with Gasteiger partial charge >= 0.3 is 17.9 Å². The van der Waals surface area contributed by atoms with Crippen LogP contribution in [-0.2, 0) is 38.1 Å². The number of hydrogen-bond acceptors (Lipinski definition) is 10. The topological polar surface area (TPSA) is 138 Å². The Bertz CT molecular complexity index is 562. The van der Waals surface area contributed by atoms with E-state index < -0.39 is 47.1 Å². The summed E-state index contributed by atoms with van der Waals surface area (Å²) in [6.07, 6.45) is -3.95. The van der Waals surface area contributed by atoms with Crippen molar-refractivity contribution >= 4 is 17.9 Å². The minimum atomic E-state index is -3.00. The standard InChI is InChI=1S/C14H20O10/c1-5-22-10(17)13(19)8(9(16)20-3)23-12(2)6-7(15)14(13,24-12)11(18)21-4/h7-8,15,19H,5-6H2,1-4H3. The zero-order valence-electron chi connectivity index (χ0n) is 13.7. The molecule has 2 bridgehead atoms. The van der Waals surface area contributed by atoms with E-state index in [-0.39, 0.29) is 13.0 Å². The highest BCUT2D eigenvalue weighted by molar-refractivity contribution is 5.99. The van der Waals surface area contributed by atoms with Crippen molar-refractivity contribution in [2.45, 2.75) is 49.5 Å². The molecule has 2 fully saturated rings. The van der Waals surface area contributed by atoms with E-state index in [1.165, 1.54) is 13.8 Å². The summed E-state index contributed by atoms with van der Waals surface area (Å²) in [4.78, 5) is 37.0. The predicted octanol–water partition coefficient (Wildman–Crippen LogP) is -1.74. The van der Waals surface area contributed by atoms with E-state index >= 15 is 0 Å². The van der Waals surface area contributed by atoms with Crippen LogP contribution in [0.1, 0.15) is 20.3 Å². The maximum Gasteiger partial charge on any atom is 0.345 e. The van der Waals surface area contributed by atoms with Crippen LogP contribution in [0.4, 0.5) is 0 Å². The van der Waals surface area contributed by atoms with Crippen LogP contribution < -0.4 is 0 Å². The zero-order chi connectivity index (χ0) is 18.3. The fraction of sp³-hybridized carbons (Fsp3) is 0.786. The van der Waals surface area contributed by atoms with Gasteiger partial charge in [-0.2, -0.15) is 0 Å². The Hall–Kier alpha value is -1.75. The first-order chi connectivity index (χ1) is 11.1. The quantitative estimate of drug-likeness (QED) is 0.445. The van der Waals surface area contributed by atoms with Crippen molar-refractivity contribution in [3.63, 3.8) is 0 Å². The number of esters is 3. The molecule has 0 amide bonds. The van der Waals surface area contributed by atoms with E-state index in [2.05, 4.69) is 9.47 Å². The van der Waals surface area contributed by atoms with Crippen LogP contribution in [0.5, 0.6) is 0 Å². The molecular formula is C14H20O10. The summed E-state index contributed by atoms with van der Waals surface area (Å²) in [7, 11) is 2.00. The third-order valence-electron chi connectivity index (χ3n) is 4.21. The van der Waals surface area contributed by atoms with Gasteiger partial charge in [-0.05, 0) is 13.8 Å². The molecule has 5 atom stereocenters. The monoisotopic (exact) mass is 348 g/mol. The summed E-state index contributed by atoms with van der Waals surface area (Å²) in [6, 6.07) is 0. The van der Waals surface area contributed by atoms with Gasteiger partial charge in [-0.3, -0.25) is 0 Å². The summed E-state index contributed by atoms with van der Waals surface area (Å²) < 4.78 is 24.8. The molecule has 2 aliphatic rings. The molecule has 2 N–H and O–H groups in total. The number of fused-ring (bicyclic) bond motifs is 2. The van der Waals surface area contributed by atoms with Crippen molar-refractivity contribution in [1.29, 1.82) is 0 Å². The molecule has 0 aromatic carbocycles. The second kappa shape index (κ2) is 5.96. The van der Waals surface area contributed by atoms with Crippen LogP contribution in [0.2, 0.25) is 0 Å². The molecule has 2 rings (SSSR count). The molecule has 24 heavy (non-hydrogen) atoms. The van der Waals surface area contributed by atoms with Gasteiger partial charge in [0.2, 0.25) is 17.3 Å². The first-order valence-corrected chi connectivity index (χ1v) is 7.24. The first kappa shape index (κ1) is 18.6. The van der Waals surface area contributed by atoms with E-state index in [4.69, 9.17) is 14.2 Å². The Morgan fingerprint density at radius 3 is 2.33 bits per heavy atom. The number of aliphatic hydroxyl groups is 2. The normalized spacial score (nSPS) is 40.8. The summed E-state index contributed by atoms with van der Waals surface area (Å²) in [5.41, 5.74) is -5.60. The molecule has 2 aliphatic heterocycles. The smallest absolute Gasteiger partial charge is 0.345 e. The van der Waals surface area contributed by atoms with Crippen LogP contribution in [0.25, 0.3) is 0 Å². The molecule has 0 aromatic heterocycles. The van der Waals surface area contributed by atoms with Crippen molar-refractivity contribution in [1.82, 2.24) is 0 Å². The lowest BCUT2D eigenvalue weighted by atomic mass is 9.75. The molecule has 10 heteroatoms. The minimum Gasteiger partial charge on any atom is -0.467 e. The average molecular weight is 348 g/mol. The van der Waals surface area contributed by atoms with E-state index in [0.29, 0.717) is 0 Å². The highest BCUT2D eigenvalue weighted by Crippen LogP contribution is 2.53. The summed E-state index contributed by atoms with van der Waals surface area (Å²) in [5, 5.41) is 21.5. The lowest BCUT2D eigenvalue weighted by Gasteiger charge is -2.49. The maximum atomic E-state index is 12.5. The Morgan fingerprint density at radius 2 is 1.83 bits per heavy atom. The van der Waals surface area contributed by atoms with Gasteiger partial charge in [-0.25, -0.2) is 14.4 Å². The second-order valence-electron chi connectivity index (χ2n) is 5.69. The third-order valence-corrected chi connectivity index (χ3v) is 4.21. The van der Waals surface area contributed by atoms with Crippen LogP contribution in [-0.4, -0.2) is 78.1 Å². The van der Waals surface area contributed by atoms with Gasteiger partial charge in [0.05, 0.1) is 20.8 Å². The molecule has 10 nitrogen and oxygen atoms in total. The van der Waals surface area contributed by atoms with Gasteiger partial charge in [0.1, 0.15) is 6.10 Å². The lowest BCUT2D eigenvalue weighted by molar-refractivity contribution is -0.360. The number of carbonyl (C=O) groups excluding carboxylic acids is 3. The molecule has 0 aromatic rings. The van der Waals surface area contributed by atoms with E-state index in [1.807, 2.05) is 0 Å². The van der Waals surface area contributed by atoms with Crippen molar-refractivity contribution in [2.24, 2.45) is 0 Å². The number of ether oxygens (including phenoxy) is 5. The fourth-order valence-electron chi connectivity index (χ4n) is 3.19. The lowest BCUT2D eigenvalue weighted by Crippen LogP contribution is -2.78. The number of hydrogen-bond donors (Lipinski definition) is 2. The van der Waals surface area contributed by atoms with Crippen molar-refractivity contribution < 1.29 is 48.3 Å². The Morgan fingerprint density at radius 1 is 1.21 bits per heavy atom. The van der Waals surface area contributed by atoms with E-state index in [9.17, 15) is 24.6 Å². The molecule has 0 radical (unpaired) electrons. The SMILES string of the molecule is CCOC(=O)C1(O)C(C(=O)OC)OC2(C)CC(O)C1(C(=O)OC)O2. The number of methoxy groups -OCH3 is 2. The van der Waals surface area contributed by atoms with Crippen molar-refractivity contribution in [3.05, 3.63) is 0 Å².